The lowest BCUT2D eigenvalue weighted by Gasteiger charge is -2.36. The molecule has 0 aromatic rings. The van der Waals surface area contributed by atoms with Crippen LogP contribution in [0, 0.1) is 5.92 Å². The minimum absolute atomic E-state index is 0.0759. The highest BCUT2D eigenvalue weighted by atomic mass is 16.4. The summed E-state index contributed by atoms with van der Waals surface area (Å²) < 4.78 is 0. The van der Waals surface area contributed by atoms with E-state index >= 15 is 0 Å². The van der Waals surface area contributed by atoms with Crippen molar-refractivity contribution in [3.05, 3.63) is 0 Å². The number of hydrogen-bond donors (Lipinski definition) is 2. The lowest BCUT2D eigenvalue weighted by Crippen LogP contribution is -2.43. The quantitative estimate of drug-likeness (QED) is 0.645. The maximum atomic E-state index is 10.7. The second-order valence-corrected chi connectivity index (χ2v) is 4.42. The van der Waals surface area contributed by atoms with Gasteiger partial charge in [-0.1, -0.05) is 0 Å². The first-order valence-corrected chi connectivity index (χ1v) is 5.20. The van der Waals surface area contributed by atoms with Gasteiger partial charge in [-0.15, -0.1) is 0 Å². The van der Waals surface area contributed by atoms with Crippen LogP contribution in [0.3, 0.4) is 0 Å². The molecule has 1 aliphatic carbocycles. The van der Waals surface area contributed by atoms with Gasteiger partial charge in [0.1, 0.15) is 0 Å². The lowest BCUT2D eigenvalue weighted by molar-refractivity contribution is -0.143. The lowest BCUT2D eigenvalue weighted by atomic mass is 9.76. The molecule has 1 saturated heterocycles. The van der Waals surface area contributed by atoms with E-state index in [-0.39, 0.29) is 5.92 Å². The van der Waals surface area contributed by atoms with Gasteiger partial charge in [-0.25, -0.2) is 0 Å². The standard InChI is InChI=1S/C10H17NO2/c12-9(13)8-2-5-10(6-3-8)4-1-7-11-10/h8,11H,1-7H2,(H,12,13). The zero-order valence-electron chi connectivity index (χ0n) is 7.88. The van der Waals surface area contributed by atoms with Crippen molar-refractivity contribution in [2.45, 2.75) is 44.1 Å². The van der Waals surface area contributed by atoms with Crippen LogP contribution >= 0.6 is 0 Å². The van der Waals surface area contributed by atoms with Crippen molar-refractivity contribution < 1.29 is 9.90 Å². The summed E-state index contributed by atoms with van der Waals surface area (Å²) in [6.45, 7) is 1.12. The number of carboxylic acids is 1. The number of carboxylic acid groups (broad SMARTS) is 1. The fourth-order valence-electron chi connectivity index (χ4n) is 2.71. The summed E-state index contributed by atoms with van der Waals surface area (Å²) in [6.07, 6.45) is 6.36. The van der Waals surface area contributed by atoms with Gasteiger partial charge in [-0.05, 0) is 45.1 Å². The predicted octanol–water partition coefficient (Wildman–Crippen LogP) is 1.38. The summed E-state index contributed by atoms with van der Waals surface area (Å²) in [6, 6.07) is 0. The van der Waals surface area contributed by atoms with Crippen LogP contribution in [0.1, 0.15) is 38.5 Å². The van der Waals surface area contributed by atoms with Gasteiger partial charge in [-0.3, -0.25) is 4.79 Å². The Kier molecular flexibility index (Phi) is 2.28. The summed E-state index contributed by atoms with van der Waals surface area (Å²) in [4.78, 5) is 10.7. The van der Waals surface area contributed by atoms with E-state index in [1.54, 1.807) is 0 Å². The van der Waals surface area contributed by atoms with E-state index in [0.29, 0.717) is 5.54 Å². The first kappa shape index (κ1) is 9.00. The van der Waals surface area contributed by atoms with Crippen molar-refractivity contribution in [1.29, 1.82) is 0 Å². The number of rotatable bonds is 1. The van der Waals surface area contributed by atoms with Gasteiger partial charge in [-0.2, -0.15) is 0 Å². The molecule has 0 unspecified atom stereocenters. The Labute approximate surface area is 78.5 Å². The van der Waals surface area contributed by atoms with E-state index < -0.39 is 5.97 Å². The smallest absolute Gasteiger partial charge is 0.306 e. The van der Waals surface area contributed by atoms with E-state index in [2.05, 4.69) is 5.32 Å². The molecule has 13 heavy (non-hydrogen) atoms. The number of nitrogens with one attached hydrogen (secondary N) is 1. The summed E-state index contributed by atoms with van der Waals surface area (Å²) in [5.74, 6) is -0.680. The molecule has 0 aromatic carbocycles. The zero-order chi connectivity index (χ0) is 9.31. The first-order valence-electron chi connectivity index (χ1n) is 5.20. The van der Waals surface area contributed by atoms with Crippen molar-refractivity contribution in [2.24, 2.45) is 5.92 Å². The number of carbonyl (C=O) groups is 1. The molecule has 3 heteroatoms. The Morgan fingerprint density at radius 1 is 1.31 bits per heavy atom. The van der Waals surface area contributed by atoms with Crippen LogP contribution < -0.4 is 5.32 Å². The van der Waals surface area contributed by atoms with Crippen LogP contribution in [0.25, 0.3) is 0 Å². The molecule has 0 aromatic heterocycles. The van der Waals surface area contributed by atoms with Crippen molar-refractivity contribution in [3.8, 4) is 0 Å². The fourth-order valence-corrected chi connectivity index (χ4v) is 2.71. The summed E-state index contributed by atoms with van der Waals surface area (Å²) in [5.41, 5.74) is 0.325. The molecule has 0 atom stereocenters. The monoisotopic (exact) mass is 183 g/mol. The van der Waals surface area contributed by atoms with Crippen molar-refractivity contribution in [1.82, 2.24) is 5.32 Å². The molecule has 2 aliphatic rings. The Hall–Kier alpha value is -0.570. The third kappa shape index (κ3) is 1.70. The molecule has 0 radical (unpaired) electrons. The van der Waals surface area contributed by atoms with E-state index in [0.717, 1.165) is 32.2 Å². The Balaban J connectivity index is 1.91. The van der Waals surface area contributed by atoms with Crippen molar-refractivity contribution in [3.63, 3.8) is 0 Å². The highest BCUT2D eigenvalue weighted by molar-refractivity contribution is 5.70. The second kappa shape index (κ2) is 3.29. The number of hydrogen-bond acceptors (Lipinski definition) is 2. The largest absolute Gasteiger partial charge is 0.481 e. The molecule has 74 valence electrons. The summed E-state index contributed by atoms with van der Waals surface area (Å²) in [5, 5.41) is 12.4. The average Bonchev–Trinajstić information content (AvgIpc) is 2.54. The van der Waals surface area contributed by atoms with Gasteiger partial charge in [0.05, 0.1) is 5.92 Å². The van der Waals surface area contributed by atoms with Crippen LogP contribution in [0.5, 0.6) is 0 Å². The zero-order valence-corrected chi connectivity index (χ0v) is 7.88. The molecular formula is C10H17NO2. The van der Waals surface area contributed by atoms with Crippen LogP contribution in [-0.2, 0) is 4.79 Å². The van der Waals surface area contributed by atoms with E-state index in [4.69, 9.17) is 5.11 Å². The van der Waals surface area contributed by atoms with Crippen LogP contribution in [0.15, 0.2) is 0 Å². The molecule has 2 fully saturated rings. The van der Waals surface area contributed by atoms with Gasteiger partial charge in [0, 0.05) is 5.54 Å². The number of aliphatic carboxylic acids is 1. The molecule has 1 saturated carbocycles. The van der Waals surface area contributed by atoms with Gasteiger partial charge in [0.25, 0.3) is 0 Å². The van der Waals surface area contributed by atoms with Gasteiger partial charge < -0.3 is 10.4 Å². The van der Waals surface area contributed by atoms with Gasteiger partial charge in [0.15, 0.2) is 0 Å². The summed E-state index contributed by atoms with van der Waals surface area (Å²) in [7, 11) is 0. The van der Waals surface area contributed by atoms with E-state index in [1.165, 1.54) is 12.8 Å². The topological polar surface area (TPSA) is 49.3 Å². The molecule has 1 spiro atoms. The minimum Gasteiger partial charge on any atom is -0.481 e. The third-order valence-electron chi connectivity index (χ3n) is 3.62. The molecule has 1 heterocycles. The maximum absolute atomic E-state index is 10.7. The highest BCUT2D eigenvalue weighted by Gasteiger charge is 2.38. The first-order chi connectivity index (χ1) is 6.22. The average molecular weight is 183 g/mol. The molecular weight excluding hydrogens is 166 g/mol. The van der Waals surface area contributed by atoms with Gasteiger partial charge >= 0.3 is 5.97 Å². The molecule has 1 aliphatic heterocycles. The maximum Gasteiger partial charge on any atom is 0.306 e. The molecule has 2 rings (SSSR count). The molecule has 0 bridgehead atoms. The molecule has 0 amide bonds. The van der Waals surface area contributed by atoms with Crippen LogP contribution in [-0.4, -0.2) is 23.2 Å². The molecule has 2 N–H and O–H groups in total. The highest BCUT2D eigenvalue weighted by Crippen LogP contribution is 2.37. The summed E-state index contributed by atoms with van der Waals surface area (Å²) >= 11 is 0. The van der Waals surface area contributed by atoms with E-state index in [1.807, 2.05) is 0 Å². The van der Waals surface area contributed by atoms with Crippen LogP contribution in [0.4, 0.5) is 0 Å². The molecule has 3 nitrogen and oxygen atoms in total. The Morgan fingerprint density at radius 3 is 2.46 bits per heavy atom. The van der Waals surface area contributed by atoms with Crippen molar-refractivity contribution >= 4 is 5.97 Å². The SMILES string of the molecule is O=C(O)C1CCC2(CCCN2)CC1. The van der Waals surface area contributed by atoms with Crippen molar-refractivity contribution in [2.75, 3.05) is 6.54 Å². The van der Waals surface area contributed by atoms with Gasteiger partial charge in [0.2, 0.25) is 0 Å². The normalized spacial score (nSPS) is 39.5. The Bertz CT molecular complexity index is 199. The Morgan fingerprint density at radius 2 is 2.00 bits per heavy atom. The third-order valence-corrected chi connectivity index (χ3v) is 3.62. The van der Waals surface area contributed by atoms with Crippen LogP contribution in [0.2, 0.25) is 0 Å². The van der Waals surface area contributed by atoms with E-state index in [9.17, 15) is 4.79 Å². The fraction of sp³-hybridized carbons (Fsp3) is 0.900. The minimum atomic E-state index is -0.604. The predicted molar refractivity (Wildman–Crippen MR) is 49.6 cm³/mol. The second-order valence-electron chi connectivity index (χ2n) is 4.42.